The van der Waals surface area contributed by atoms with Crippen molar-refractivity contribution < 1.29 is 17.9 Å². The van der Waals surface area contributed by atoms with Crippen molar-refractivity contribution in [3.05, 3.63) is 41.4 Å². The Morgan fingerprint density at radius 3 is 2.46 bits per heavy atom. The van der Waals surface area contributed by atoms with Crippen molar-refractivity contribution in [1.29, 1.82) is 0 Å². The highest BCUT2D eigenvalue weighted by molar-refractivity contribution is 7.89. The van der Waals surface area contributed by atoms with Gasteiger partial charge in [0.2, 0.25) is 10.0 Å². The van der Waals surface area contributed by atoms with Crippen LogP contribution in [0, 0.1) is 0 Å². The third-order valence-electron chi connectivity index (χ3n) is 4.26. The minimum Gasteiger partial charge on any atom is -0.463 e. The lowest BCUT2D eigenvalue weighted by Gasteiger charge is -2.38. The number of rotatable bonds is 7. The van der Waals surface area contributed by atoms with Gasteiger partial charge in [-0.3, -0.25) is 4.79 Å². The number of hydrogen-bond donors (Lipinski definition) is 0. The quantitative estimate of drug-likeness (QED) is 0.717. The molecule has 0 spiro atoms. The molecule has 0 unspecified atom stereocenters. The minimum absolute atomic E-state index is 0.0487. The molecule has 7 nitrogen and oxygen atoms in total. The average molecular weight is 396 g/mol. The van der Waals surface area contributed by atoms with Crippen LogP contribution in [-0.4, -0.2) is 60.8 Å². The van der Waals surface area contributed by atoms with E-state index < -0.39 is 10.0 Å². The summed E-state index contributed by atoms with van der Waals surface area (Å²) >= 11 is 1.42. The van der Waals surface area contributed by atoms with Crippen LogP contribution in [0.5, 0.6) is 5.19 Å². The van der Waals surface area contributed by atoms with Gasteiger partial charge in [0.15, 0.2) is 0 Å². The Hall–Kier alpha value is -1.97. The third kappa shape index (κ3) is 3.74. The minimum atomic E-state index is -3.51. The summed E-state index contributed by atoms with van der Waals surface area (Å²) in [5.74, 6) is -0.129. The standard InChI is InChI=1S/C17H21N3O4S2/c1-3-20(4-2)26(22,23)15-7-5-13(6-8-15)16(21)19-11-14(12-19)24-17-18-9-10-25-17/h5-10,14H,3-4,11-12H2,1-2H3. The number of likely N-dealkylation sites (tertiary alicyclic amines) is 1. The molecule has 0 aliphatic carbocycles. The van der Waals surface area contributed by atoms with Gasteiger partial charge < -0.3 is 9.64 Å². The Bertz CT molecular complexity index is 841. The lowest BCUT2D eigenvalue weighted by Crippen LogP contribution is -2.56. The Kier molecular flexibility index (Phi) is 5.59. The first kappa shape index (κ1) is 18.8. The van der Waals surface area contributed by atoms with Gasteiger partial charge in [0.25, 0.3) is 11.1 Å². The van der Waals surface area contributed by atoms with E-state index in [0.29, 0.717) is 36.9 Å². The fraction of sp³-hybridized carbons (Fsp3) is 0.412. The van der Waals surface area contributed by atoms with Crippen LogP contribution >= 0.6 is 11.3 Å². The number of carbonyl (C=O) groups excluding carboxylic acids is 1. The van der Waals surface area contributed by atoms with Crippen LogP contribution in [0.4, 0.5) is 0 Å². The first-order valence-electron chi connectivity index (χ1n) is 8.41. The van der Waals surface area contributed by atoms with Gasteiger partial charge in [0, 0.05) is 30.2 Å². The maximum absolute atomic E-state index is 12.5. The Balaban J connectivity index is 1.61. The first-order valence-corrected chi connectivity index (χ1v) is 10.7. The molecule has 0 atom stereocenters. The second-order valence-corrected chi connectivity index (χ2v) is 8.66. The molecule has 9 heteroatoms. The Morgan fingerprint density at radius 2 is 1.92 bits per heavy atom. The number of sulfonamides is 1. The maximum Gasteiger partial charge on any atom is 0.273 e. The zero-order valence-electron chi connectivity index (χ0n) is 14.7. The zero-order chi connectivity index (χ0) is 18.7. The number of thiazole rings is 1. The zero-order valence-corrected chi connectivity index (χ0v) is 16.3. The number of carbonyl (C=O) groups is 1. The molecule has 1 saturated heterocycles. The molecule has 2 heterocycles. The molecule has 1 fully saturated rings. The number of nitrogens with zero attached hydrogens (tertiary/aromatic N) is 3. The van der Waals surface area contributed by atoms with Crippen LogP contribution in [0.15, 0.2) is 40.7 Å². The summed E-state index contributed by atoms with van der Waals surface area (Å²) in [4.78, 5) is 18.4. The predicted octanol–water partition coefficient (Wildman–Crippen LogP) is 2.08. The monoisotopic (exact) mass is 395 g/mol. The molecule has 0 saturated carbocycles. The summed E-state index contributed by atoms with van der Waals surface area (Å²) in [7, 11) is -3.51. The molecular weight excluding hydrogens is 374 g/mol. The normalized spacial score (nSPS) is 15.1. The molecule has 0 bridgehead atoms. The number of benzene rings is 1. The van der Waals surface area contributed by atoms with Gasteiger partial charge in [-0.1, -0.05) is 25.2 Å². The van der Waals surface area contributed by atoms with E-state index >= 15 is 0 Å². The molecule has 1 amide bonds. The smallest absolute Gasteiger partial charge is 0.273 e. The molecule has 0 radical (unpaired) electrons. The maximum atomic E-state index is 12.5. The molecular formula is C17H21N3O4S2. The third-order valence-corrected chi connectivity index (χ3v) is 6.98. The van der Waals surface area contributed by atoms with E-state index in [-0.39, 0.29) is 16.9 Å². The van der Waals surface area contributed by atoms with Crippen LogP contribution in [0.2, 0.25) is 0 Å². The van der Waals surface area contributed by atoms with Crippen molar-refractivity contribution in [3.8, 4) is 5.19 Å². The van der Waals surface area contributed by atoms with Crippen molar-refractivity contribution in [2.24, 2.45) is 0 Å². The topological polar surface area (TPSA) is 79.8 Å². The fourth-order valence-electron chi connectivity index (χ4n) is 2.75. The van der Waals surface area contributed by atoms with E-state index in [4.69, 9.17) is 4.74 Å². The average Bonchev–Trinajstić information content (AvgIpc) is 3.11. The number of aromatic nitrogens is 1. The van der Waals surface area contributed by atoms with Gasteiger partial charge in [-0.2, -0.15) is 4.31 Å². The summed E-state index contributed by atoms with van der Waals surface area (Å²) in [6.45, 7) is 5.41. The molecule has 0 N–H and O–H groups in total. The van der Waals surface area contributed by atoms with E-state index in [1.807, 2.05) is 5.38 Å². The first-order chi connectivity index (χ1) is 12.5. The van der Waals surface area contributed by atoms with Crippen molar-refractivity contribution in [3.63, 3.8) is 0 Å². The number of hydrogen-bond acceptors (Lipinski definition) is 6. The highest BCUT2D eigenvalue weighted by Crippen LogP contribution is 2.22. The van der Waals surface area contributed by atoms with Gasteiger partial charge in [-0.05, 0) is 24.3 Å². The van der Waals surface area contributed by atoms with Gasteiger partial charge in [0.05, 0.1) is 18.0 Å². The van der Waals surface area contributed by atoms with E-state index in [1.54, 1.807) is 37.1 Å². The number of amides is 1. The molecule has 3 rings (SSSR count). The SMILES string of the molecule is CCN(CC)S(=O)(=O)c1ccc(C(=O)N2CC(Oc3nccs3)C2)cc1. The van der Waals surface area contributed by atoms with Gasteiger partial charge >= 0.3 is 0 Å². The fourth-order valence-corrected chi connectivity index (χ4v) is 4.76. The number of ether oxygens (including phenoxy) is 1. The molecule has 26 heavy (non-hydrogen) atoms. The molecule has 140 valence electrons. The highest BCUT2D eigenvalue weighted by Gasteiger charge is 2.33. The van der Waals surface area contributed by atoms with Crippen LogP contribution in [0.1, 0.15) is 24.2 Å². The van der Waals surface area contributed by atoms with Crippen molar-refractivity contribution in [2.45, 2.75) is 24.8 Å². The Labute approximate surface area is 157 Å². The molecule has 1 aromatic heterocycles. The van der Waals surface area contributed by atoms with Gasteiger partial charge in [0.1, 0.15) is 6.10 Å². The lowest BCUT2D eigenvalue weighted by molar-refractivity contribution is 0.0177. The highest BCUT2D eigenvalue weighted by atomic mass is 32.2. The summed E-state index contributed by atoms with van der Waals surface area (Å²) in [6.07, 6.45) is 1.63. The molecule has 1 aliphatic rings. The summed E-state index contributed by atoms with van der Waals surface area (Å²) in [5, 5.41) is 2.44. The van der Waals surface area contributed by atoms with Crippen LogP contribution in [0.25, 0.3) is 0 Å². The summed E-state index contributed by atoms with van der Waals surface area (Å²) in [5.41, 5.74) is 0.469. The van der Waals surface area contributed by atoms with Crippen LogP contribution in [0.3, 0.4) is 0 Å². The second kappa shape index (κ2) is 7.73. The largest absolute Gasteiger partial charge is 0.463 e. The predicted molar refractivity (Wildman–Crippen MR) is 99.0 cm³/mol. The van der Waals surface area contributed by atoms with E-state index in [0.717, 1.165) is 0 Å². The van der Waals surface area contributed by atoms with E-state index in [9.17, 15) is 13.2 Å². The van der Waals surface area contributed by atoms with E-state index in [2.05, 4.69) is 4.98 Å². The summed E-state index contributed by atoms with van der Waals surface area (Å²) < 4.78 is 32.0. The van der Waals surface area contributed by atoms with Gasteiger partial charge in [-0.15, -0.1) is 0 Å². The Morgan fingerprint density at radius 1 is 1.27 bits per heavy atom. The van der Waals surface area contributed by atoms with Crippen molar-refractivity contribution >= 4 is 27.3 Å². The van der Waals surface area contributed by atoms with Crippen molar-refractivity contribution in [1.82, 2.24) is 14.2 Å². The van der Waals surface area contributed by atoms with Gasteiger partial charge in [-0.25, -0.2) is 13.4 Å². The molecule has 1 aromatic carbocycles. The summed E-state index contributed by atoms with van der Waals surface area (Å²) in [6, 6.07) is 6.11. The van der Waals surface area contributed by atoms with Crippen molar-refractivity contribution in [2.75, 3.05) is 26.2 Å². The molecule has 1 aliphatic heterocycles. The van der Waals surface area contributed by atoms with Crippen LogP contribution in [-0.2, 0) is 10.0 Å². The van der Waals surface area contributed by atoms with E-state index in [1.165, 1.54) is 27.8 Å². The lowest BCUT2D eigenvalue weighted by atomic mass is 10.1. The second-order valence-electron chi connectivity index (χ2n) is 5.86. The molecule has 2 aromatic rings. The van der Waals surface area contributed by atoms with Crippen LogP contribution < -0.4 is 4.74 Å².